The number of H-pyrrole nitrogens is 1. The molecule has 0 aliphatic heterocycles. The number of rotatable bonds is 2. The normalized spacial score (nSPS) is 15.3. The lowest BCUT2D eigenvalue weighted by Crippen LogP contribution is -1.89. The van der Waals surface area contributed by atoms with Gasteiger partial charge in [0.25, 0.3) is 0 Å². The first-order chi connectivity index (χ1) is 7.75. The summed E-state index contributed by atoms with van der Waals surface area (Å²) in [7, 11) is 0. The monoisotopic (exact) mass is 277 g/mol. The second kappa shape index (κ2) is 3.63. The van der Waals surface area contributed by atoms with Crippen LogP contribution in [0.3, 0.4) is 0 Å². The molecular weight excluding hydrogens is 266 g/mol. The van der Waals surface area contributed by atoms with Crippen LogP contribution in [0.2, 0.25) is 0 Å². The predicted octanol–water partition coefficient (Wildman–Crippen LogP) is 3.30. The summed E-state index contributed by atoms with van der Waals surface area (Å²) < 4.78 is 1.06. The maximum Gasteiger partial charge on any atom is 0.153 e. The van der Waals surface area contributed by atoms with Crippen molar-refractivity contribution in [3.05, 3.63) is 34.4 Å². The highest BCUT2D eigenvalue weighted by Gasteiger charge is 2.29. The van der Waals surface area contributed by atoms with Crippen LogP contribution in [0.5, 0.6) is 0 Å². The molecule has 3 N–H and O–H groups in total. The van der Waals surface area contributed by atoms with E-state index in [0.717, 1.165) is 15.6 Å². The number of aromatic amines is 1. The van der Waals surface area contributed by atoms with Gasteiger partial charge in [-0.2, -0.15) is 5.10 Å². The second-order valence-corrected chi connectivity index (χ2v) is 5.10. The standard InChI is InChI=1S/C12H12BrN3/c13-9-3-1-2-8(6-9)10-11(7-4-5-7)15-16-12(10)14/h1-3,6-7H,4-5H2,(H3,14,15,16). The number of benzene rings is 1. The zero-order valence-corrected chi connectivity index (χ0v) is 10.3. The number of nitrogens with zero attached hydrogens (tertiary/aromatic N) is 1. The number of hydrogen-bond donors (Lipinski definition) is 2. The van der Waals surface area contributed by atoms with E-state index < -0.39 is 0 Å². The fraction of sp³-hybridized carbons (Fsp3) is 0.250. The van der Waals surface area contributed by atoms with Crippen LogP contribution < -0.4 is 5.73 Å². The van der Waals surface area contributed by atoms with Crippen molar-refractivity contribution in [2.45, 2.75) is 18.8 Å². The van der Waals surface area contributed by atoms with Gasteiger partial charge >= 0.3 is 0 Å². The molecule has 3 nitrogen and oxygen atoms in total. The Morgan fingerprint density at radius 3 is 2.88 bits per heavy atom. The van der Waals surface area contributed by atoms with Crippen LogP contribution in [0.15, 0.2) is 28.7 Å². The summed E-state index contributed by atoms with van der Waals surface area (Å²) in [5.74, 6) is 1.22. The number of anilines is 1. The number of halogens is 1. The zero-order valence-electron chi connectivity index (χ0n) is 8.70. The molecule has 1 heterocycles. The van der Waals surface area contributed by atoms with E-state index in [0.29, 0.717) is 11.7 Å². The van der Waals surface area contributed by atoms with Crippen molar-refractivity contribution in [2.75, 3.05) is 5.73 Å². The van der Waals surface area contributed by atoms with Crippen molar-refractivity contribution in [3.8, 4) is 11.1 Å². The molecule has 0 atom stereocenters. The summed E-state index contributed by atoms with van der Waals surface area (Å²) in [4.78, 5) is 0. The van der Waals surface area contributed by atoms with Crippen LogP contribution in [-0.4, -0.2) is 10.2 Å². The van der Waals surface area contributed by atoms with Gasteiger partial charge in [-0.05, 0) is 30.5 Å². The Bertz CT molecular complexity index is 529. The average Bonchev–Trinajstić information content (AvgIpc) is 3.02. The maximum absolute atomic E-state index is 5.93. The summed E-state index contributed by atoms with van der Waals surface area (Å²) >= 11 is 3.48. The van der Waals surface area contributed by atoms with Crippen LogP contribution in [0, 0.1) is 0 Å². The molecule has 0 bridgehead atoms. The molecule has 1 saturated carbocycles. The molecule has 16 heavy (non-hydrogen) atoms. The van der Waals surface area contributed by atoms with Crippen molar-refractivity contribution in [1.82, 2.24) is 10.2 Å². The molecule has 1 aromatic carbocycles. The van der Waals surface area contributed by atoms with E-state index in [-0.39, 0.29) is 0 Å². The van der Waals surface area contributed by atoms with Gasteiger partial charge in [-0.3, -0.25) is 5.10 Å². The molecule has 1 aliphatic carbocycles. The molecule has 1 aromatic heterocycles. The summed E-state index contributed by atoms with van der Waals surface area (Å²) in [6.07, 6.45) is 2.48. The molecule has 1 aliphatic rings. The first-order valence-electron chi connectivity index (χ1n) is 5.35. The van der Waals surface area contributed by atoms with Gasteiger partial charge in [0.15, 0.2) is 5.82 Å². The number of nitrogens with one attached hydrogen (secondary N) is 1. The molecule has 82 valence electrons. The maximum atomic E-state index is 5.93. The van der Waals surface area contributed by atoms with Crippen LogP contribution in [0.1, 0.15) is 24.5 Å². The lowest BCUT2D eigenvalue weighted by Gasteiger charge is -2.03. The Balaban J connectivity index is 2.14. The molecular formula is C12H12BrN3. The van der Waals surface area contributed by atoms with Gasteiger partial charge in [0.1, 0.15) is 0 Å². The van der Waals surface area contributed by atoms with Crippen LogP contribution in [-0.2, 0) is 0 Å². The number of hydrogen-bond acceptors (Lipinski definition) is 2. The topological polar surface area (TPSA) is 54.7 Å². The minimum Gasteiger partial charge on any atom is -0.382 e. The van der Waals surface area contributed by atoms with Gasteiger partial charge < -0.3 is 5.73 Å². The zero-order chi connectivity index (χ0) is 11.1. The van der Waals surface area contributed by atoms with E-state index in [1.54, 1.807) is 0 Å². The highest BCUT2D eigenvalue weighted by atomic mass is 79.9. The third-order valence-electron chi connectivity index (χ3n) is 2.92. The van der Waals surface area contributed by atoms with Crippen molar-refractivity contribution < 1.29 is 0 Å². The van der Waals surface area contributed by atoms with E-state index in [9.17, 15) is 0 Å². The Kier molecular flexibility index (Phi) is 2.24. The van der Waals surface area contributed by atoms with E-state index >= 15 is 0 Å². The molecule has 0 amide bonds. The fourth-order valence-corrected chi connectivity index (χ4v) is 2.38. The quantitative estimate of drug-likeness (QED) is 0.885. The van der Waals surface area contributed by atoms with Crippen molar-refractivity contribution in [2.24, 2.45) is 0 Å². The highest BCUT2D eigenvalue weighted by Crippen LogP contribution is 2.45. The Morgan fingerprint density at radius 1 is 1.38 bits per heavy atom. The largest absolute Gasteiger partial charge is 0.382 e. The number of aromatic nitrogens is 2. The van der Waals surface area contributed by atoms with Crippen LogP contribution in [0.25, 0.3) is 11.1 Å². The van der Waals surface area contributed by atoms with Gasteiger partial charge in [-0.15, -0.1) is 0 Å². The SMILES string of the molecule is Nc1n[nH]c(C2CC2)c1-c1cccc(Br)c1. The molecule has 2 aromatic rings. The smallest absolute Gasteiger partial charge is 0.153 e. The first-order valence-corrected chi connectivity index (χ1v) is 6.14. The molecule has 0 radical (unpaired) electrons. The van der Waals surface area contributed by atoms with Crippen molar-refractivity contribution in [3.63, 3.8) is 0 Å². The van der Waals surface area contributed by atoms with Crippen LogP contribution >= 0.6 is 15.9 Å². The van der Waals surface area contributed by atoms with E-state index in [1.165, 1.54) is 18.5 Å². The second-order valence-electron chi connectivity index (χ2n) is 4.18. The van der Waals surface area contributed by atoms with Crippen molar-refractivity contribution in [1.29, 1.82) is 0 Å². The molecule has 0 saturated heterocycles. The minimum atomic E-state index is 0.597. The van der Waals surface area contributed by atoms with Gasteiger partial charge in [0.05, 0.1) is 0 Å². The highest BCUT2D eigenvalue weighted by molar-refractivity contribution is 9.10. The van der Waals surface area contributed by atoms with E-state index in [1.807, 2.05) is 12.1 Å². The van der Waals surface area contributed by atoms with Gasteiger partial charge in [0, 0.05) is 21.6 Å². The summed E-state index contributed by atoms with van der Waals surface area (Å²) in [6.45, 7) is 0. The minimum absolute atomic E-state index is 0.597. The van der Waals surface area contributed by atoms with Gasteiger partial charge in [0.2, 0.25) is 0 Å². The van der Waals surface area contributed by atoms with Crippen LogP contribution in [0.4, 0.5) is 5.82 Å². The lowest BCUT2D eigenvalue weighted by molar-refractivity contribution is 0.969. The van der Waals surface area contributed by atoms with Gasteiger partial charge in [-0.1, -0.05) is 28.1 Å². The summed E-state index contributed by atoms with van der Waals surface area (Å²) in [5.41, 5.74) is 9.32. The third kappa shape index (κ3) is 1.63. The van der Waals surface area contributed by atoms with Gasteiger partial charge in [-0.25, -0.2) is 0 Å². The number of nitrogen functional groups attached to an aromatic ring is 1. The molecule has 3 rings (SSSR count). The Morgan fingerprint density at radius 2 is 2.19 bits per heavy atom. The molecule has 0 unspecified atom stereocenters. The average molecular weight is 278 g/mol. The lowest BCUT2D eigenvalue weighted by atomic mass is 10.0. The molecule has 1 fully saturated rings. The summed E-state index contributed by atoms with van der Waals surface area (Å²) in [6, 6.07) is 8.17. The first kappa shape index (κ1) is 9.90. The molecule has 4 heteroatoms. The molecule has 0 spiro atoms. The fourth-order valence-electron chi connectivity index (χ4n) is 1.99. The van der Waals surface area contributed by atoms with Crippen molar-refractivity contribution >= 4 is 21.7 Å². The Hall–Kier alpha value is -1.29. The van der Waals surface area contributed by atoms with E-state index in [4.69, 9.17) is 5.73 Å². The summed E-state index contributed by atoms with van der Waals surface area (Å²) in [5, 5.41) is 7.18. The number of nitrogens with two attached hydrogens (primary N) is 1. The third-order valence-corrected chi connectivity index (χ3v) is 3.41. The Labute approximate surface area is 102 Å². The predicted molar refractivity (Wildman–Crippen MR) is 68.1 cm³/mol. The van der Waals surface area contributed by atoms with E-state index in [2.05, 4.69) is 38.3 Å².